The summed E-state index contributed by atoms with van der Waals surface area (Å²) >= 11 is 2.09. The second-order valence-corrected chi connectivity index (χ2v) is 4.47. The number of halogens is 1. The molecule has 0 N–H and O–H groups in total. The van der Waals surface area contributed by atoms with E-state index in [1.54, 1.807) is 19.2 Å². The number of hydrogen-bond donors (Lipinski definition) is 0. The zero-order valence-corrected chi connectivity index (χ0v) is 11.1. The lowest BCUT2D eigenvalue weighted by molar-refractivity contribution is 0.112. The van der Waals surface area contributed by atoms with Gasteiger partial charge >= 0.3 is 0 Å². The van der Waals surface area contributed by atoms with Crippen LogP contribution >= 0.6 is 22.6 Å². The Kier molecular flexibility index (Phi) is 4.38. The number of carbonyl (C=O) groups is 1. The highest BCUT2D eigenvalue weighted by atomic mass is 127. The van der Waals surface area contributed by atoms with Crippen molar-refractivity contribution in [2.45, 2.75) is 20.0 Å². The molecular weight excluding hydrogens is 307 g/mol. The van der Waals surface area contributed by atoms with Gasteiger partial charge in [0.15, 0.2) is 17.8 Å². The third kappa shape index (κ3) is 3.09. The number of hydrogen-bond acceptors (Lipinski definition) is 3. The van der Waals surface area contributed by atoms with E-state index in [9.17, 15) is 4.79 Å². The van der Waals surface area contributed by atoms with Crippen molar-refractivity contribution in [2.75, 3.05) is 7.11 Å². The van der Waals surface area contributed by atoms with Crippen LogP contribution < -0.4 is 9.47 Å². The van der Waals surface area contributed by atoms with Gasteiger partial charge in [-0.1, -0.05) is 0 Å². The molecule has 3 nitrogen and oxygen atoms in total. The number of carbonyl (C=O) groups excluding carboxylic acids is 1. The van der Waals surface area contributed by atoms with E-state index in [1.807, 2.05) is 13.8 Å². The van der Waals surface area contributed by atoms with E-state index in [-0.39, 0.29) is 6.10 Å². The van der Waals surface area contributed by atoms with Crippen molar-refractivity contribution in [1.29, 1.82) is 0 Å². The molecule has 0 saturated carbocycles. The molecule has 0 radical (unpaired) electrons. The summed E-state index contributed by atoms with van der Waals surface area (Å²) in [5, 5.41) is 0. The molecule has 0 atom stereocenters. The lowest BCUT2D eigenvalue weighted by Gasteiger charge is -2.14. The minimum absolute atomic E-state index is 0.0541. The SMILES string of the molecule is COc1cc(I)c(C=O)cc1OC(C)C. The van der Waals surface area contributed by atoms with Crippen molar-refractivity contribution in [3.05, 3.63) is 21.3 Å². The van der Waals surface area contributed by atoms with Crippen LogP contribution in [0.4, 0.5) is 0 Å². The molecule has 0 saturated heterocycles. The molecule has 0 bridgehead atoms. The van der Waals surface area contributed by atoms with Crippen LogP contribution in [0, 0.1) is 3.57 Å². The highest BCUT2D eigenvalue weighted by molar-refractivity contribution is 14.1. The molecule has 1 rings (SSSR count). The summed E-state index contributed by atoms with van der Waals surface area (Å²) in [5.74, 6) is 1.26. The van der Waals surface area contributed by atoms with Gasteiger partial charge < -0.3 is 9.47 Å². The van der Waals surface area contributed by atoms with Crippen molar-refractivity contribution >= 4 is 28.9 Å². The van der Waals surface area contributed by atoms with E-state index in [0.717, 1.165) is 9.86 Å². The lowest BCUT2D eigenvalue weighted by Crippen LogP contribution is -2.07. The third-order valence-electron chi connectivity index (χ3n) is 1.77. The molecule has 15 heavy (non-hydrogen) atoms. The molecule has 82 valence electrons. The minimum atomic E-state index is 0.0541. The Balaban J connectivity index is 3.16. The fourth-order valence-electron chi connectivity index (χ4n) is 1.15. The van der Waals surface area contributed by atoms with Crippen LogP contribution in [-0.2, 0) is 0 Å². The number of benzene rings is 1. The highest BCUT2D eigenvalue weighted by Gasteiger charge is 2.10. The molecule has 0 spiro atoms. The first-order chi connectivity index (χ1) is 7.08. The highest BCUT2D eigenvalue weighted by Crippen LogP contribution is 2.31. The predicted octanol–water partition coefficient (Wildman–Crippen LogP) is 2.90. The monoisotopic (exact) mass is 320 g/mol. The van der Waals surface area contributed by atoms with Crippen molar-refractivity contribution in [3.8, 4) is 11.5 Å². The number of ether oxygens (including phenoxy) is 2. The Labute approximate surface area is 103 Å². The molecule has 1 aromatic carbocycles. The van der Waals surface area contributed by atoms with Gasteiger partial charge in [0.25, 0.3) is 0 Å². The average molecular weight is 320 g/mol. The molecule has 1 aromatic rings. The van der Waals surface area contributed by atoms with Gasteiger partial charge in [-0.2, -0.15) is 0 Å². The summed E-state index contributed by atoms with van der Waals surface area (Å²) in [6.45, 7) is 3.86. The number of methoxy groups -OCH3 is 1. The summed E-state index contributed by atoms with van der Waals surface area (Å²) < 4.78 is 11.6. The van der Waals surface area contributed by atoms with Crippen LogP contribution in [0.15, 0.2) is 12.1 Å². The van der Waals surface area contributed by atoms with E-state index in [1.165, 1.54) is 0 Å². The van der Waals surface area contributed by atoms with E-state index < -0.39 is 0 Å². The zero-order chi connectivity index (χ0) is 11.4. The molecule has 0 aliphatic carbocycles. The summed E-state index contributed by atoms with van der Waals surface area (Å²) in [4.78, 5) is 10.8. The van der Waals surface area contributed by atoms with Crippen molar-refractivity contribution in [1.82, 2.24) is 0 Å². The van der Waals surface area contributed by atoms with E-state index in [4.69, 9.17) is 9.47 Å². The van der Waals surface area contributed by atoms with E-state index in [2.05, 4.69) is 22.6 Å². The molecule has 0 unspecified atom stereocenters. The van der Waals surface area contributed by atoms with Crippen LogP contribution in [0.3, 0.4) is 0 Å². The average Bonchev–Trinajstić information content (AvgIpc) is 2.19. The third-order valence-corrected chi connectivity index (χ3v) is 2.71. The molecule has 0 heterocycles. The maximum Gasteiger partial charge on any atom is 0.162 e. The van der Waals surface area contributed by atoms with Crippen LogP contribution in [0.25, 0.3) is 0 Å². The quantitative estimate of drug-likeness (QED) is 0.632. The summed E-state index contributed by atoms with van der Waals surface area (Å²) in [5.41, 5.74) is 0.618. The van der Waals surface area contributed by atoms with Gasteiger partial charge in [0.1, 0.15) is 0 Å². The maximum absolute atomic E-state index is 10.8. The topological polar surface area (TPSA) is 35.5 Å². The smallest absolute Gasteiger partial charge is 0.162 e. The minimum Gasteiger partial charge on any atom is -0.493 e. The molecule has 0 aliphatic rings. The van der Waals surface area contributed by atoms with E-state index in [0.29, 0.717) is 17.1 Å². The number of rotatable bonds is 4. The van der Waals surface area contributed by atoms with Crippen molar-refractivity contribution in [3.63, 3.8) is 0 Å². The van der Waals surface area contributed by atoms with Crippen LogP contribution in [-0.4, -0.2) is 19.5 Å². The second-order valence-electron chi connectivity index (χ2n) is 3.31. The van der Waals surface area contributed by atoms with Crippen molar-refractivity contribution in [2.24, 2.45) is 0 Å². The molecule has 0 amide bonds. The molecular formula is C11H13IO3. The fourth-order valence-corrected chi connectivity index (χ4v) is 1.71. The molecule has 0 aliphatic heterocycles. The Bertz CT molecular complexity index is 361. The van der Waals surface area contributed by atoms with Crippen molar-refractivity contribution < 1.29 is 14.3 Å². The molecule has 0 fully saturated rings. The van der Waals surface area contributed by atoms with Gasteiger partial charge in [0, 0.05) is 9.13 Å². The van der Waals surface area contributed by atoms with Gasteiger partial charge in [-0.15, -0.1) is 0 Å². The van der Waals surface area contributed by atoms with Gasteiger partial charge in [-0.05, 0) is 48.6 Å². The predicted molar refractivity (Wildman–Crippen MR) is 66.9 cm³/mol. The fraction of sp³-hybridized carbons (Fsp3) is 0.364. The van der Waals surface area contributed by atoms with Crippen LogP contribution in [0.5, 0.6) is 11.5 Å². The van der Waals surface area contributed by atoms with E-state index >= 15 is 0 Å². The normalized spacial score (nSPS) is 10.2. The lowest BCUT2D eigenvalue weighted by atomic mass is 10.2. The Morgan fingerprint density at radius 3 is 2.47 bits per heavy atom. The Morgan fingerprint density at radius 2 is 2.00 bits per heavy atom. The van der Waals surface area contributed by atoms with Gasteiger partial charge in [0.05, 0.1) is 13.2 Å². The maximum atomic E-state index is 10.8. The van der Waals surface area contributed by atoms with Crippen LogP contribution in [0.1, 0.15) is 24.2 Å². The Hall–Kier alpha value is -0.780. The first kappa shape index (κ1) is 12.3. The number of aldehydes is 1. The molecule has 4 heteroatoms. The first-order valence-corrected chi connectivity index (χ1v) is 5.65. The Morgan fingerprint density at radius 1 is 1.33 bits per heavy atom. The zero-order valence-electron chi connectivity index (χ0n) is 8.91. The largest absolute Gasteiger partial charge is 0.493 e. The van der Waals surface area contributed by atoms with Crippen LogP contribution in [0.2, 0.25) is 0 Å². The first-order valence-electron chi connectivity index (χ1n) is 4.57. The van der Waals surface area contributed by atoms with Gasteiger partial charge in [0.2, 0.25) is 0 Å². The molecule has 0 aromatic heterocycles. The van der Waals surface area contributed by atoms with Gasteiger partial charge in [-0.3, -0.25) is 4.79 Å². The standard InChI is InChI=1S/C11H13IO3/c1-7(2)15-11-4-8(6-13)9(12)5-10(11)14-3/h4-7H,1-3H3. The summed E-state index contributed by atoms with van der Waals surface area (Å²) in [6.07, 6.45) is 0.868. The van der Waals surface area contributed by atoms with Gasteiger partial charge in [-0.25, -0.2) is 0 Å². The summed E-state index contributed by atoms with van der Waals surface area (Å²) in [6, 6.07) is 3.50. The second kappa shape index (κ2) is 5.34. The summed E-state index contributed by atoms with van der Waals surface area (Å²) in [7, 11) is 1.58.